The first-order valence-corrected chi connectivity index (χ1v) is 9.64. The smallest absolute Gasteiger partial charge is 0.317 e. The third kappa shape index (κ3) is 3.34. The quantitative estimate of drug-likeness (QED) is 0.871. The summed E-state index contributed by atoms with van der Waals surface area (Å²) in [5.41, 5.74) is 0. The molecule has 0 spiro atoms. The molecule has 120 valence electrons. The summed E-state index contributed by atoms with van der Waals surface area (Å²) in [6, 6.07) is 0.683. The first-order valence-electron chi connectivity index (χ1n) is 8.41. The third-order valence-corrected chi connectivity index (χ3v) is 7.09. The Morgan fingerprint density at radius 3 is 2.81 bits per heavy atom. The van der Waals surface area contributed by atoms with Crippen LogP contribution >= 0.6 is 11.8 Å². The Kier molecular flexibility index (Phi) is 4.99. The van der Waals surface area contributed by atoms with E-state index in [1.54, 1.807) is 0 Å². The van der Waals surface area contributed by atoms with E-state index in [1.165, 1.54) is 32.1 Å². The molecule has 21 heavy (non-hydrogen) atoms. The molecule has 1 aliphatic carbocycles. The summed E-state index contributed by atoms with van der Waals surface area (Å²) in [4.78, 5) is 14.7. The molecule has 1 N–H and O–H groups in total. The maximum Gasteiger partial charge on any atom is 0.317 e. The number of amides is 2. The molecule has 4 nitrogen and oxygen atoms in total. The first-order chi connectivity index (χ1) is 10.2. The van der Waals surface area contributed by atoms with Gasteiger partial charge in [-0.05, 0) is 44.3 Å². The number of fused-ring (bicyclic) bond motifs is 1. The zero-order chi connectivity index (χ0) is 14.7. The molecular formula is C16H28N2O2S. The molecule has 0 aromatic carbocycles. The van der Waals surface area contributed by atoms with Gasteiger partial charge in [0.25, 0.3) is 0 Å². The zero-order valence-electron chi connectivity index (χ0n) is 13.1. The molecule has 2 unspecified atom stereocenters. The van der Waals surface area contributed by atoms with Crippen molar-refractivity contribution in [3.63, 3.8) is 0 Å². The predicted molar refractivity (Wildman–Crippen MR) is 86.8 cm³/mol. The Morgan fingerprint density at radius 1 is 1.29 bits per heavy atom. The standard InChI is InChI=1S/C16H28N2O2S/c1-21-16(7-10-20-11-8-16)12-17-15(19)18-9-6-13-4-2-3-5-14(13)18/h13-14H,2-12H2,1H3,(H,17,19). The van der Waals surface area contributed by atoms with Crippen LogP contribution in [0.3, 0.4) is 0 Å². The second kappa shape index (κ2) is 6.78. The lowest BCUT2D eigenvalue weighted by Gasteiger charge is -2.37. The molecule has 5 heteroatoms. The number of nitrogens with one attached hydrogen (secondary N) is 1. The fraction of sp³-hybridized carbons (Fsp3) is 0.938. The molecule has 0 radical (unpaired) electrons. The van der Waals surface area contributed by atoms with Crippen molar-refractivity contribution >= 4 is 17.8 Å². The average molecular weight is 312 g/mol. The van der Waals surface area contributed by atoms with Gasteiger partial charge < -0.3 is 15.0 Å². The van der Waals surface area contributed by atoms with E-state index in [2.05, 4.69) is 16.5 Å². The summed E-state index contributed by atoms with van der Waals surface area (Å²) >= 11 is 1.89. The van der Waals surface area contributed by atoms with Gasteiger partial charge >= 0.3 is 6.03 Å². The zero-order valence-corrected chi connectivity index (χ0v) is 13.9. The highest BCUT2D eigenvalue weighted by Crippen LogP contribution is 2.36. The molecule has 3 rings (SSSR count). The summed E-state index contributed by atoms with van der Waals surface area (Å²) in [5.74, 6) is 0.766. The van der Waals surface area contributed by atoms with Gasteiger partial charge in [0.15, 0.2) is 0 Å². The van der Waals surface area contributed by atoms with Gasteiger partial charge in [-0.15, -0.1) is 0 Å². The van der Waals surface area contributed by atoms with E-state index in [4.69, 9.17) is 4.74 Å². The predicted octanol–water partition coefficient (Wildman–Crippen LogP) is 2.87. The summed E-state index contributed by atoms with van der Waals surface area (Å²) < 4.78 is 5.65. The Hall–Kier alpha value is -0.420. The minimum Gasteiger partial charge on any atom is -0.381 e. The molecule has 2 atom stereocenters. The number of ether oxygens (including phenoxy) is 1. The van der Waals surface area contributed by atoms with Crippen molar-refractivity contribution in [2.45, 2.75) is 55.7 Å². The summed E-state index contributed by atoms with van der Waals surface area (Å²) in [6.07, 6.45) is 10.6. The van der Waals surface area contributed by atoms with Gasteiger partial charge in [-0.1, -0.05) is 12.8 Å². The van der Waals surface area contributed by atoms with Crippen molar-refractivity contribution in [1.29, 1.82) is 0 Å². The van der Waals surface area contributed by atoms with Crippen LogP contribution in [0.25, 0.3) is 0 Å². The van der Waals surface area contributed by atoms with Crippen molar-refractivity contribution in [2.75, 3.05) is 32.6 Å². The number of hydrogen-bond acceptors (Lipinski definition) is 3. The van der Waals surface area contributed by atoms with Crippen LogP contribution in [-0.4, -0.2) is 54.3 Å². The van der Waals surface area contributed by atoms with Crippen LogP contribution in [0.1, 0.15) is 44.9 Å². The van der Waals surface area contributed by atoms with Gasteiger partial charge in [-0.25, -0.2) is 4.79 Å². The molecule has 2 heterocycles. The molecule has 0 aromatic heterocycles. The maximum atomic E-state index is 12.6. The minimum atomic E-state index is 0.171. The number of rotatable bonds is 3. The highest BCUT2D eigenvalue weighted by Gasteiger charge is 2.39. The van der Waals surface area contributed by atoms with E-state index in [0.29, 0.717) is 6.04 Å². The molecule has 2 amide bonds. The van der Waals surface area contributed by atoms with Crippen LogP contribution in [0.15, 0.2) is 0 Å². The number of urea groups is 1. The second-order valence-electron chi connectivity index (χ2n) is 6.75. The van der Waals surface area contributed by atoms with Crippen LogP contribution in [0, 0.1) is 5.92 Å². The number of carbonyl (C=O) groups is 1. The van der Waals surface area contributed by atoms with Gasteiger partial charge in [-0.3, -0.25) is 0 Å². The monoisotopic (exact) mass is 312 g/mol. The Balaban J connectivity index is 1.54. The number of nitrogens with zero attached hydrogens (tertiary/aromatic N) is 1. The Labute approximate surface area is 132 Å². The average Bonchev–Trinajstić information content (AvgIpc) is 2.98. The lowest BCUT2D eigenvalue weighted by molar-refractivity contribution is 0.0770. The number of thioether (sulfide) groups is 1. The van der Waals surface area contributed by atoms with Crippen LogP contribution in [0.5, 0.6) is 0 Å². The maximum absolute atomic E-state index is 12.6. The highest BCUT2D eigenvalue weighted by molar-refractivity contribution is 8.00. The summed E-state index contributed by atoms with van der Waals surface area (Å²) in [6.45, 7) is 3.39. The van der Waals surface area contributed by atoms with E-state index < -0.39 is 0 Å². The highest BCUT2D eigenvalue weighted by atomic mass is 32.2. The second-order valence-corrected chi connectivity index (χ2v) is 8.03. The van der Waals surface area contributed by atoms with Crippen molar-refractivity contribution < 1.29 is 9.53 Å². The van der Waals surface area contributed by atoms with E-state index in [-0.39, 0.29) is 10.8 Å². The largest absolute Gasteiger partial charge is 0.381 e. The number of likely N-dealkylation sites (tertiary alicyclic amines) is 1. The van der Waals surface area contributed by atoms with Crippen molar-refractivity contribution in [1.82, 2.24) is 10.2 Å². The number of hydrogen-bond donors (Lipinski definition) is 1. The topological polar surface area (TPSA) is 41.6 Å². The summed E-state index contributed by atoms with van der Waals surface area (Å²) in [5, 5.41) is 3.23. The van der Waals surface area contributed by atoms with Crippen LogP contribution in [0.2, 0.25) is 0 Å². The first kappa shape index (κ1) is 15.5. The van der Waals surface area contributed by atoms with Gasteiger partial charge in [0, 0.05) is 37.1 Å². The molecule has 1 saturated carbocycles. The SMILES string of the molecule is CSC1(CNC(=O)N2CCC3CCCCC32)CCOCC1. The van der Waals surface area contributed by atoms with Crippen molar-refractivity contribution in [3.05, 3.63) is 0 Å². The van der Waals surface area contributed by atoms with Gasteiger partial charge in [-0.2, -0.15) is 11.8 Å². The number of carbonyl (C=O) groups excluding carboxylic acids is 1. The van der Waals surface area contributed by atoms with Crippen LogP contribution in [0.4, 0.5) is 4.79 Å². The normalized spacial score (nSPS) is 31.8. The molecular weight excluding hydrogens is 284 g/mol. The lowest BCUT2D eigenvalue weighted by atomic mass is 9.85. The van der Waals surface area contributed by atoms with Gasteiger partial charge in [0.05, 0.1) is 0 Å². The van der Waals surface area contributed by atoms with Crippen LogP contribution < -0.4 is 5.32 Å². The Bertz CT molecular complexity index is 371. The molecule has 3 aliphatic rings. The van der Waals surface area contributed by atoms with E-state index >= 15 is 0 Å². The molecule has 2 aliphatic heterocycles. The van der Waals surface area contributed by atoms with Crippen molar-refractivity contribution in [3.8, 4) is 0 Å². The molecule has 3 fully saturated rings. The third-order valence-electron chi connectivity index (χ3n) is 5.67. The van der Waals surface area contributed by atoms with Crippen LogP contribution in [-0.2, 0) is 4.74 Å². The van der Waals surface area contributed by atoms with E-state index in [0.717, 1.165) is 45.1 Å². The molecule has 0 bridgehead atoms. The van der Waals surface area contributed by atoms with E-state index in [9.17, 15) is 4.79 Å². The van der Waals surface area contributed by atoms with E-state index in [1.807, 2.05) is 11.8 Å². The van der Waals surface area contributed by atoms with Crippen molar-refractivity contribution in [2.24, 2.45) is 5.92 Å². The van der Waals surface area contributed by atoms with Gasteiger partial charge in [0.2, 0.25) is 0 Å². The fourth-order valence-electron chi connectivity index (χ4n) is 4.19. The fourth-order valence-corrected chi connectivity index (χ4v) is 4.98. The lowest BCUT2D eigenvalue weighted by Crippen LogP contribution is -2.50. The Morgan fingerprint density at radius 2 is 2.05 bits per heavy atom. The summed E-state index contributed by atoms with van der Waals surface area (Å²) in [7, 11) is 0. The molecule has 2 saturated heterocycles. The minimum absolute atomic E-state index is 0.171. The molecule has 0 aromatic rings. The van der Waals surface area contributed by atoms with Gasteiger partial charge in [0.1, 0.15) is 0 Å².